The van der Waals surface area contributed by atoms with E-state index in [1.165, 1.54) is 4.31 Å². The van der Waals surface area contributed by atoms with Gasteiger partial charge in [0.15, 0.2) is 0 Å². The van der Waals surface area contributed by atoms with Gasteiger partial charge in [-0.3, -0.25) is 9.10 Å². The number of anilines is 2. The highest BCUT2D eigenvalue weighted by atomic mass is 32.2. The van der Waals surface area contributed by atoms with Gasteiger partial charge in [-0.05, 0) is 17.7 Å². The predicted octanol–water partition coefficient (Wildman–Crippen LogP) is 2.54. The van der Waals surface area contributed by atoms with Crippen LogP contribution in [-0.4, -0.2) is 20.6 Å². The first-order valence-corrected chi connectivity index (χ1v) is 8.75. The summed E-state index contributed by atoms with van der Waals surface area (Å²) in [5.74, 6) is -0.201. The van der Waals surface area contributed by atoms with Crippen LogP contribution in [0.4, 0.5) is 11.4 Å². The van der Waals surface area contributed by atoms with Crippen molar-refractivity contribution in [3.63, 3.8) is 0 Å². The second-order valence-corrected chi connectivity index (χ2v) is 7.11. The van der Waals surface area contributed by atoms with Crippen molar-refractivity contribution in [2.45, 2.75) is 12.5 Å². The van der Waals surface area contributed by atoms with Gasteiger partial charge in [-0.15, -0.1) is 0 Å². The first-order valence-electron chi connectivity index (χ1n) is 6.90. The van der Waals surface area contributed by atoms with Gasteiger partial charge in [-0.25, -0.2) is 8.42 Å². The molecule has 2 aromatic rings. The van der Waals surface area contributed by atoms with E-state index < -0.39 is 16.1 Å². The summed E-state index contributed by atoms with van der Waals surface area (Å²) in [5.41, 5.74) is 1.79. The summed E-state index contributed by atoms with van der Waals surface area (Å²) in [7, 11) is -3.54. The summed E-state index contributed by atoms with van der Waals surface area (Å²) in [4.78, 5) is 12.2. The molecule has 114 valence electrons. The Kier molecular flexibility index (Phi) is 3.62. The fourth-order valence-corrected chi connectivity index (χ4v) is 3.91. The van der Waals surface area contributed by atoms with Crippen molar-refractivity contribution in [3.05, 3.63) is 60.2 Å². The van der Waals surface area contributed by atoms with E-state index in [9.17, 15) is 13.2 Å². The minimum atomic E-state index is -3.54. The molecule has 2 aromatic carbocycles. The zero-order valence-corrected chi connectivity index (χ0v) is 12.9. The van der Waals surface area contributed by atoms with Gasteiger partial charge in [0.1, 0.15) is 0 Å². The second kappa shape index (κ2) is 5.46. The first-order chi connectivity index (χ1) is 10.5. The Morgan fingerprint density at radius 1 is 1.05 bits per heavy atom. The number of nitrogens with one attached hydrogen (secondary N) is 1. The van der Waals surface area contributed by atoms with Crippen LogP contribution in [0.1, 0.15) is 18.0 Å². The van der Waals surface area contributed by atoms with Crippen LogP contribution in [0.15, 0.2) is 54.6 Å². The van der Waals surface area contributed by atoms with Crippen LogP contribution >= 0.6 is 0 Å². The van der Waals surface area contributed by atoms with Crippen LogP contribution in [0.3, 0.4) is 0 Å². The lowest BCUT2D eigenvalue weighted by Crippen LogP contribution is -2.34. The summed E-state index contributed by atoms with van der Waals surface area (Å²) in [5, 5.41) is 2.78. The van der Waals surface area contributed by atoms with E-state index in [2.05, 4.69) is 5.32 Å². The normalized spacial score (nSPS) is 18.3. The number of nitrogens with zero attached hydrogens (tertiary/aromatic N) is 1. The third kappa shape index (κ3) is 2.69. The fourth-order valence-electron chi connectivity index (χ4n) is 2.74. The van der Waals surface area contributed by atoms with Gasteiger partial charge in [0.25, 0.3) is 0 Å². The Balaban J connectivity index is 2.22. The number of para-hydroxylation sites is 2. The molecule has 0 unspecified atom stereocenters. The van der Waals surface area contributed by atoms with Crippen LogP contribution in [-0.2, 0) is 14.8 Å². The van der Waals surface area contributed by atoms with Crippen LogP contribution in [0.25, 0.3) is 0 Å². The molecule has 22 heavy (non-hydrogen) atoms. The molecule has 1 aliphatic rings. The zero-order valence-electron chi connectivity index (χ0n) is 12.1. The van der Waals surface area contributed by atoms with E-state index in [4.69, 9.17) is 0 Å². The van der Waals surface area contributed by atoms with E-state index in [0.29, 0.717) is 11.4 Å². The van der Waals surface area contributed by atoms with E-state index in [0.717, 1.165) is 11.8 Å². The van der Waals surface area contributed by atoms with Crippen LogP contribution < -0.4 is 9.62 Å². The molecule has 1 heterocycles. The molecular formula is C16H16N2O3S. The highest BCUT2D eigenvalue weighted by Crippen LogP contribution is 2.39. The number of fused-ring (bicyclic) bond motifs is 1. The molecule has 1 N–H and O–H groups in total. The maximum atomic E-state index is 12.4. The first kappa shape index (κ1) is 14.6. The molecule has 0 bridgehead atoms. The third-order valence-corrected chi connectivity index (χ3v) is 4.78. The average Bonchev–Trinajstić information content (AvgIpc) is 2.63. The average molecular weight is 316 g/mol. The molecule has 0 spiro atoms. The highest BCUT2D eigenvalue weighted by Gasteiger charge is 2.34. The van der Waals surface area contributed by atoms with Crippen molar-refractivity contribution in [2.75, 3.05) is 15.9 Å². The van der Waals surface area contributed by atoms with Gasteiger partial charge in [0.2, 0.25) is 15.9 Å². The summed E-state index contributed by atoms with van der Waals surface area (Å²) >= 11 is 0. The predicted molar refractivity (Wildman–Crippen MR) is 86.2 cm³/mol. The Morgan fingerprint density at radius 3 is 2.36 bits per heavy atom. The van der Waals surface area contributed by atoms with Gasteiger partial charge in [-0.1, -0.05) is 42.5 Å². The van der Waals surface area contributed by atoms with Gasteiger partial charge in [0, 0.05) is 0 Å². The Hall–Kier alpha value is -2.34. The van der Waals surface area contributed by atoms with Gasteiger partial charge >= 0.3 is 0 Å². The molecule has 0 fully saturated rings. The van der Waals surface area contributed by atoms with E-state index in [1.54, 1.807) is 24.3 Å². The van der Waals surface area contributed by atoms with Crippen molar-refractivity contribution >= 4 is 27.3 Å². The highest BCUT2D eigenvalue weighted by molar-refractivity contribution is 7.92. The van der Waals surface area contributed by atoms with Crippen LogP contribution in [0.5, 0.6) is 0 Å². The largest absolute Gasteiger partial charge is 0.324 e. The lowest BCUT2D eigenvalue weighted by molar-refractivity contribution is -0.116. The lowest BCUT2D eigenvalue weighted by atomic mass is 10.0. The topological polar surface area (TPSA) is 66.5 Å². The molecular weight excluding hydrogens is 300 g/mol. The molecule has 0 saturated heterocycles. The summed E-state index contributed by atoms with van der Waals surface area (Å²) < 4.78 is 26.1. The number of carbonyl (C=O) groups is 1. The van der Waals surface area contributed by atoms with Crippen LogP contribution in [0, 0.1) is 0 Å². The summed E-state index contributed by atoms with van der Waals surface area (Å²) in [6.45, 7) is 0. The zero-order chi connectivity index (χ0) is 15.7. The molecule has 5 nitrogen and oxygen atoms in total. The number of carbonyl (C=O) groups excluding carboxylic acids is 1. The quantitative estimate of drug-likeness (QED) is 0.926. The second-order valence-electron chi connectivity index (χ2n) is 5.25. The number of sulfonamides is 1. The molecule has 6 heteroatoms. The fraction of sp³-hybridized carbons (Fsp3) is 0.188. The summed E-state index contributed by atoms with van der Waals surface area (Å²) in [6, 6.07) is 15.6. The smallest absolute Gasteiger partial charge is 0.232 e. The number of hydrogen-bond acceptors (Lipinski definition) is 3. The molecule has 0 aliphatic carbocycles. The van der Waals surface area contributed by atoms with Crippen molar-refractivity contribution in [2.24, 2.45) is 0 Å². The molecule has 1 amide bonds. The molecule has 1 aliphatic heterocycles. The van der Waals surface area contributed by atoms with E-state index >= 15 is 0 Å². The maximum Gasteiger partial charge on any atom is 0.232 e. The van der Waals surface area contributed by atoms with Crippen molar-refractivity contribution in [1.82, 2.24) is 0 Å². The molecule has 3 rings (SSSR count). The third-order valence-electron chi connectivity index (χ3n) is 3.62. The Bertz CT molecular complexity index is 803. The van der Waals surface area contributed by atoms with Gasteiger partial charge in [-0.2, -0.15) is 0 Å². The maximum absolute atomic E-state index is 12.4. The standard InChI is InChI=1S/C16H16N2O3S/c1-22(20,21)18-14-10-6-5-9-13(14)17-16(19)11-15(18)12-7-3-2-4-8-12/h2-10,15H,11H2,1H3,(H,17,19)/t15-/m1/s1. The Labute approximate surface area is 129 Å². The SMILES string of the molecule is CS(=O)(=O)N1c2ccccc2NC(=O)C[C@@H]1c1ccccc1. The number of hydrogen-bond donors (Lipinski definition) is 1. The minimum Gasteiger partial charge on any atom is -0.324 e. The minimum absolute atomic E-state index is 0.0752. The number of benzene rings is 2. The Morgan fingerprint density at radius 2 is 1.68 bits per heavy atom. The molecule has 1 atom stereocenters. The molecule has 0 radical (unpaired) electrons. The van der Waals surface area contributed by atoms with Gasteiger partial charge < -0.3 is 5.32 Å². The van der Waals surface area contributed by atoms with Gasteiger partial charge in [0.05, 0.1) is 30.1 Å². The lowest BCUT2D eigenvalue weighted by Gasteiger charge is -2.30. The van der Waals surface area contributed by atoms with Crippen LogP contribution in [0.2, 0.25) is 0 Å². The van der Waals surface area contributed by atoms with Crippen molar-refractivity contribution < 1.29 is 13.2 Å². The van der Waals surface area contributed by atoms with E-state index in [1.807, 2.05) is 30.3 Å². The van der Waals surface area contributed by atoms with Crippen molar-refractivity contribution in [3.8, 4) is 0 Å². The molecule has 0 saturated carbocycles. The monoisotopic (exact) mass is 316 g/mol. The number of amides is 1. The van der Waals surface area contributed by atoms with Crippen molar-refractivity contribution in [1.29, 1.82) is 0 Å². The molecule has 0 aromatic heterocycles. The summed E-state index contributed by atoms with van der Waals surface area (Å²) in [6.07, 6.45) is 1.24. The van der Waals surface area contributed by atoms with E-state index in [-0.39, 0.29) is 12.3 Å². The number of rotatable bonds is 2.